The van der Waals surface area contributed by atoms with Crippen molar-refractivity contribution in [2.24, 2.45) is 0 Å². The number of sulfonamides is 1. The van der Waals surface area contributed by atoms with Crippen LogP contribution in [-0.4, -0.2) is 50.9 Å². The Balaban J connectivity index is 1.59. The van der Waals surface area contributed by atoms with Crippen molar-refractivity contribution in [3.63, 3.8) is 0 Å². The molecule has 4 aromatic rings. The summed E-state index contributed by atoms with van der Waals surface area (Å²) in [6, 6.07) is 26.6. The maximum absolute atomic E-state index is 14.7. The van der Waals surface area contributed by atoms with Crippen molar-refractivity contribution in [2.75, 3.05) is 18.0 Å². The summed E-state index contributed by atoms with van der Waals surface area (Å²) >= 11 is 12.6. The van der Waals surface area contributed by atoms with Gasteiger partial charge in [-0.25, -0.2) is 8.42 Å². The van der Waals surface area contributed by atoms with Crippen LogP contribution in [0.15, 0.2) is 102 Å². The second-order valence-electron chi connectivity index (χ2n) is 12.0. The summed E-state index contributed by atoms with van der Waals surface area (Å²) in [4.78, 5) is 30.3. The molecule has 1 N–H and O–H groups in total. The van der Waals surface area contributed by atoms with Gasteiger partial charge in [0.2, 0.25) is 11.8 Å². The average Bonchev–Trinajstić information content (AvgIpc) is 3.60. The van der Waals surface area contributed by atoms with E-state index in [1.165, 1.54) is 35.2 Å². The van der Waals surface area contributed by atoms with Crippen molar-refractivity contribution in [3.8, 4) is 5.75 Å². The summed E-state index contributed by atoms with van der Waals surface area (Å²) in [6.07, 6.45) is 4.01. The number of nitrogens with zero attached hydrogens (tertiary/aromatic N) is 2. The van der Waals surface area contributed by atoms with Gasteiger partial charge in [-0.3, -0.25) is 13.9 Å². The van der Waals surface area contributed by atoms with Gasteiger partial charge in [0.1, 0.15) is 18.3 Å². The first-order valence-electron chi connectivity index (χ1n) is 15.9. The van der Waals surface area contributed by atoms with Gasteiger partial charge in [-0.05, 0) is 73.4 Å². The highest BCUT2D eigenvalue weighted by molar-refractivity contribution is 7.92. The third kappa shape index (κ3) is 8.69. The maximum atomic E-state index is 14.7. The van der Waals surface area contributed by atoms with Gasteiger partial charge in [0, 0.05) is 19.0 Å². The van der Waals surface area contributed by atoms with Crippen LogP contribution in [0.5, 0.6) is 5.75 Å². The SMILES string of the molecule is COc1cccc(CN(C(=O)CN(c2ccc(Cl)c(Cl)c2)S(=O)(=O)c2ccc(C)cc2)[C@@H](Cc2ccccc2)C(=O)NC2CCCC2)c1. The van der Waals surface area contributed by atoms with Gasteiger partial charge in [-0.15, -0.1) is 0 Å². The van der Waals surface area contributed by atoms with Crippen molar-refractivity contribution in [1.29, 1.82) is 0 Å². The van der Waals surface area contributed by atoms with Crippen molar-refractivity contribution in [1.82, 2.24) is 10.2 Å². The number of rotatable bonds is 13. The summed E-state index contributed by atoms with van der Waals surface area (Å²) in [6.45, 7) is 1.29. The van der Waals surface area contributed by atoms with E-state index < -0.39 is 28.5 Å². The molecule has 0 saturated heterocycles. The Hall–Kier alpha value is -4.05. The monoisotopic (exact) mass is 707 g/mol. The van der Waals surface area contributed by atoms with E-state index in [0.717, 1.165) is 46.7 Å². The van der Waals surface area contributed by atoms with Crippen LogP contribution < -0.4 is 14.4 Å². The lowest BCUT2D eigenvalue weighted by Gasteiger charge is -2.34. The Morgan fingerprint density at radius 1 is 0.875 bits per heavy atom. The standard InChI is InChI=1S/C37H39Cl2N3O5S/c1-26-15-18-32(19-16-26)48(45,46)42(30-17-20-33(38)34(39)23-30)25-36(43)41(24-28-11-8-14-31(21-28)47-2)35(22-27-9-4-3-5-10-27)37(44)40-29-12-6-7-13-29/h3-5,8-11,14-21,23,29,35H,6-7,12-13,22,24-25H2,1-2H3,(H,40,44)/t35-/m0/s1. The minimum atomic E-state index is -4.27. The molecule has 1 atom stereocenters. The normalized spacial score (nSPS) is 13.9. The molecule has 0 unspecified atom stereocenters. The van der Waals surface area contributed by atoms with Crippen molar-refractivity contribution >= 4 is 50.7 Å². The number of carbonyl (C=O) groups excluding carboxylic acids is 2. The predicted octanol–water partition coefficient (Wildman–Crippen LogP) is 7.20. The van der Waals surface area contributed by atoms with E-state index in [2.05, 4.69) is 5.32 Å². The highest BCUT2D eigenvalue weighted by Gasteiger charge is 2.35. The number of halogens is 2. The van der Waals surface area contributed by atoms with Gasteiger partial charge in [0.05, 0.1) is 27.7 Å². The highest BCUT2D eigenvalue weighted by Crippen LogP contribution is 2.31. The van der Waals surface area contributed by atoms with Crippen LogP contribution in [0.4, 0.5) is 5.69 Å². The molecule has 0 aliphatic heterocycles. The van der Waals surface area contributed by atoms with E-state index in [9.17, 15) is 18.0 Å². The average molecular weight is 709 g/mol. The first-order chi connectivity index (χ1) is 23.0. The Kier molecular flexibility index (Phi) is 11.7. The van der Waals surface area contributed by atoms with Crippen molar-refractivity contribution in [3.05, 3.63) is 124 Å². The lowest BCUT2D eigenvalue weighted by molar-refractivity contribution is -0.140. The van der Waals surface area contributed by atoms with Crippen molar-refractivity contribution < 1.29 is 22.7 Å². The van der Waals surface area contributed by atoms with Gasteiger partial charge in [0.15, 0.2) is 0 Å². The largest absolute Gasteiger partial charge is 0.497 e. The van der Waals surface area contributed by atoms with Gasteiger partial charge < -0.3 is 15.0 Å². The quantitative estimate of drug-likeness (QED) is 0.159. The van der Waals surface area contributed by atoms with E-state index in [1.54, 1.807) is 31.4 Å². The zero-order valence-electron chi connectivity index (χ0n) is 26.9. The van der Waals surface area contributed by atoms with Crippen LogP contribution in [0, 0.1) is 6.92 Å². The topological polar surface area (TPSA) is 96.0 Å². The summed E-state index contributed by atoms with van der Waals surface area (Å²) in [5.74, 6) is -0.263. The molecule has 0 heterocycles. The molecule has 1 aliphatic carbocycles. The molecule has 0 spiro atoms. The Labute approximate surface area is 292 Å². The van der Waals surface area contributed by atoms with Crippen LogP contribution in [-0.2, 0) is 32.6 Å². The Bertz CT molecular complexity index is 1830. The predicted molar refractivity (Wildman–Crippen MR) is 190 cm³/mol. The van der Waals surface area contributed by atoms with E-state index in [-0.39, 0.29) is 45.5 Å². The number of hydrogen-bond donors (Lipinski definition) is 1. The van der Waals surface area contributed by atoms with Gasteiger partial charge in [0.25, 0.3) is 10.0 Å². The molecule has 1 fully saturated rings. The minimum absolute atomic E-state index is 0.00568. The number of methoxy groups -OCH3 is 1. The molecule has 0 aromatic heterocycles. The summed E-state index contributed by atoms with van der Waals surface area (Å²) < 4.78 is 35.0. The summed E-state index contributed by atoms with van der Waals surface area (Å²) in [5.41, 5.74) is 2.63. The third-order valence-corrected chi connectivity index (χ3v) is 11.1. The molecule has 0 bridgehead atoms. The van der Waals surface area contributed by atoms with Gasteiger partial charge in [-0.1, -0.05) is 96.2 Å². The fourth-order valence-electron chi connectivity index (χ4n) is 5.90. The van der Waals surface area contributed by atoms with E-state index in [4.69, 9.17) is 27.9 Å². The molecule has 5 rings (SSSR count). The lowest BCUT2D eigenvalue weighted by atomic mass is 10.0. The number of anilines is 1. The molecule has 2 amide bonds. The number of amides is 2. The number of ether oxygens (including phenoxy) is 1. The summed E-state index contributed by atoms with van der Waals surface area (Å²) in [5, 5.41) is 3.56. The van der Waals surface area contributed by atoms with E-state index in [1.807, 2.05) is 49.4 Å². The van der Waals surface area contributed by atoms with Crippen LogP contribution in [0.2, 0.25) is 10.0 Å². The molecule has 252 valence electrons. The molecule has 0 radical (unpaired) electrons. The van der Waals surface area contributed by atoms with Crippen molar-refractivity contribution in [2.45, 2.75) is 62.6 Å². The van der Waals surface area contributed by atoms with Gasteiger partial charge >= 0.3 is 0 Å². The molecule has 1 aliphatic rings. The maximum Gasteiger partial charge on any atom is 0.264 e. The molecule has 8 nitrogen and oxygen atoms in total. The number of aryl methyl sites for hydroxylation is 1. The minimum Gasteiger partial charge on any atom is -0.497 e. The molecule has 11 heteroatoms. The van der Waals surface area contributed by atoms with Crippen LogP contribution in [0.3, 0.4) is 0 Å². The number of nitrogens with one attached hydrogen (secondary N) is 1. The third-order valence-electron chi connectivity index (χ3n) is 8.54. The van der Waals surface area contributed by atoms with E-state index in [0.29, 0.717) is 5.75 Å². The molecule has 48 heavy (non-hydrogen) atoms. The second kappa shape index (κ2) is 15.9. The Morgan fingerprint density at radius 3 is 2.23 bits per heavy atom. The van der Waals surface area contributed by atoms with Crippen LogP contribution in [0.1, 0.15) is 42.4 Å². The Morgan fingerprint density at radius 2 is 1.56 bits per heavy atom. The highest BCUT2D eigenvalue weighted by atomic mass is 35.5. The van der Waals surface area contributed by atoms with Crippen LogP contribution in [0.25, 0.3) is 0 Å². The zero-order chi connectivity index (χ0) is 34.3. The second-order valence-corrected chi connectivity index (χ2v) is 14.7. The number of carbonyl (C=O) groups is 2. The fourth-order valence-corrected chi connectivity index (χ4v) is 7.59. The zero-order valence-corrected chi connectivity index (χ0v) is 29.3. The molecule has 4 aromatic carbocycles. The molecular weight excluding hydrogens is 669 g/mol. The molecular formula is C37H39Cl2N3O5S. The number of hydrogen-bond acceptors (Lipinski definition) is 5. The summed E-state index contributed by atoms with van der Waals surface area (Å²) in [7, 11) is -2.72. The number of benzene rings is 4. The first kappa shape index (κ1) is 35.3. The molecule has 1 saturated carbocycles. The van der Waals surface area contributed by atoms with Gasteiger partial charge in [-0.2, -0.15) is 0 Å². The lowest BCUT2D eigenvalue weighted by Crippen LogP contribution is -2.54. The smallest absolute Gasteiger partial charge is 0.264 e. The first-order valence-corrected chi connectivity index (χ1v) is 18.1. The van der Waals surface area contributed by atoms with Crippen LogP contribution >= 0.6 is 23.2 Å². The fraction of sp³-hybridized carbons (Fsp3) is 0.297. The van der Waals surface area contributed by atoms with E-state index >= 15 is 0 Å².